The summed E-state index contributed by atoms with van der Waals surface area (Å²) in [6.07, 6.45) is 0.967. The number of hydrogen-bond donors (Lipinski definition) is 1. The van der Waals surface area contributed by atoms with Crippen molar-refractivity contribution < 1.29 is 4.42 Å². The van der Waals surface area contributed by atoms with Crippen molar-refractivity contribution in [3.8, 4) is 0 Å². The summed E-state index contributed by atoms with van der Waals surface area (Å²) < 4.78 is 7.15. The highest BCUT2D eigenvalue weighted by Crippen LogP contribution is 2.33. The third-order valence-corrected chi connectivity index (χ3v) is 4.41. The second-order valence-electron chi connectivity index (χ2n) is 5.14. The molecule has 0 saturated carbocycles. The van der Waals surface area contributed by atoms with Crippen molar-refractivity contribution in [2.45, 2.75) is 26.3 Å². The molecule has 0 fully saturated rings. The largest absolute Gasteiger partial charge is 0.459 e. The molecule has 0 aliphatic carbocycles. The third-order valence-electron chi connectivity index (χ3n) is 3.72. The fourth-order valence-corrected chi connectivity index (χ4v) is 3.11. The summed E-state index contributed by atoms with van der Waals surface area (Å²) >= 11 is 3.57. The van der Waals surface area contributed by atoms with Gasteiger partial charge in [0.05, 0.1) is 6.04 Å². The molecule has 3 heteroatoms. The normalized spacial score (nSPS) is 12.5. The van der Waals surface area contributed by atoms with Crippen molar-refractivity contribution in [3.63, 3.8) is 0 Å². The molecule has 0 radical (unpaired) electrons. The van der Waals surface area contributed by atoms with Gasteiger partial charge in [-0.3, -0.25) is 0 Å². The van der Waals surface area contributed by atoms with Gasteiger partial charge in [-0.05, 0) is 47.5 Å². The fraction of sp³-hybridized carbons (Fsp3) is 0.222. The lowest BCUT2D eigenvalue weighted by Gasteiger charge is -2.15. The molecule has 3 aromatic rings. The summed E-state index contributed by atoms with van der Waals surface area (Å²) in [5.41, 5.74) is 3.33. The molecule has 0 saturated heterocycles. The van der Waals surface area contributed by atoms with Crippen molar-refractivity contribution in [2.75, 3.05) is 5.32 Å². The molecule has 0 aliphatic heterocycles. The maximum Gasteiger partial charge on any atom is 0.134 e. The van der Waals surface area contributed by atoms with E-state index >= 15 is 0 Å². The van der Waals surface area contributed by atoms with Crippen molar-refractivity contribution in [3.05, 3.63) is 64.3 Å². The van der Waals surface area contributed by atoms with Gasteiger partial charge in [0.25, 0.3) is 0 Å². The predicted octanol–water partition coefficient (Wildman–Crippen LogP) is 5.93. The minimum Gasteiger partial charge on any atom is -0.459 e. The van der Waals surface area contributed by atoms with Gasteiger partial charge in [0.1, 0.15) is 11.3 Å². The molecule has 0 aliphatic rings. The summed E-state index contributed by atoms with van der Waals surface area (Å²) in [5, 5.41) is 4.74. The average molecular weight is 344 g/mol. The van der Waals surface area contributed by atoms with Crippen LogP contribution in [-0.2, 0) is 6.42 Å². The van der Waals surface area contributed by atoms with E-state index in [9.17, 15) is 0 Å². The van der Waals surface area contributed by atoms with Gasteiger partial charge >= 0.3 is 0 Å². The molecule has 1 aromatic heterocycles. The Labute approximate surface area is 133 Å². The van der Waals surface area contributed by atoms with E-state index in [1.807, 2.05) is 30.3 Å². The summed E-state index contributed by atoms with van der Waals surface area (Å²) in [6, 6.07) is 16.5. The summed E-state index contributed by atoms with van der Waals surface area (Å²) in [4.78, 5) is 0. The quantitative estimate of drug-likeness (QED) is 0.634. The highest BCUT2D eigenvalue weighted by molar-refractivity contribution is 9.10. The smallest absolute Gasteiger partial charge is 0.134 e. The first-order valence-electron chi connectivity index (χ1n) is 7.22. The van der Waals surface area contributed by atoms with E-state index in [1.54, 1.807) is 0 Å². The van der Waals surface area contributed by atoms with Crippen LogP contribution in [0.25, 0.3) is 11.0 Å². The Balaban J connectivity index is 1.98. The number of rotatable bonds is 4. The third kappa shape index (κ3) is 2.70. The van der Waals surface area contributed by atoms with Gasteiger partial charge in [0, 0.05) is 21.1 Å². The Hall–Kier alpha value is -1.74. The molecule has 0 spiro atoms. The predicted molar refractivity (Wildman–Crippen MR) is 91.8 cm³/mol. The maximum absolute atomic E-state index is 6.09. The number of nitrogens with one attached hydrogen (secondary N) is 1. The second-order valence-corrected chi connectivity index (χ2v) is 5.99. The van der Waals surface area contributed by atoms with Crippen LogP contribution < -0.4 is 5.32 Å². The van der Waals surface area contributed by atoms with Crippen molar-refractivity contribution in [1.82, 2.24) is 0 Å². The fourth-order valence-electron chi connectivity index (χ4n) is 2.71. The van der Waals surface area contributed by atoms with Crippen LogP contribution in [0, 0.1) is 0 Å². The molecule has 1 atom stereocenters. The Morgan fingerprint density at radius 1 is 1.10 bits per heavy atom. The average Bonchev–Trinajstić information content (AvgIpc) is 2.88. The molecule has 1 N–H and O–H groups in total. The molecule has 1 unspecified atom stereocenters. The molecule has 2 nitrogen and oxygen atoms in total. The Morgan fingerprint density at radius 2 is 1.81 bits per heavy atom. The minimum atomic E-state index is 0.117. The lowest BCUT2D eigenvalue weighted by Crippen LogP contribution is -2.08. The molecular weight excluding hydrogens is 326 g/mol. The van der Waals surface area contributed by atoms with Crippen LogP contribution in [0.1, 0.15) is 31.2 Å². The summed E-state index contributed by atoms with van der Waals surface area (Å²) in [6.45, 7) is 4.31. The zero-order valence-corrected chi connectivity index (χ0v) is 13.8. The van der Waals surface area contributed by atoms with Gasteiger partial charge in [0.2, 0.25) is 0 Å². The van der Waals surface area contributed by atoms with Crippen LogP contribution in [0.15, 0.2) is 57.4 Å². The Morgan fingerprint density at radius 3 is 2.57 bits per heavy atom. The van der Waals surface area contributed by atoms with Crippen LogP contribution in [-0.4, -0.2) is 0 Å². The van der Waals surface area contributed by atoms with Gasteiger partial charge < -0.3 is 9.73 Å². The highest BCUT2D eigenvalue weighted by Gasteiger charge is 2.18. The van der Waals surface area contributed by atoms with Crippen LogP contribution >= 0.6 is 15.9 Å². The van der Waals surface area contributed by atoms with Gasteiger partial charge in [-0.15, -0.1) is 0 Å². The van der Waals surface area contributed by atoms with E-state index < -0.39 is 0 Å². The molecule has 2 aromatic carbocycles. The molecule has 21 heavy (non-hydrogen) atoms. The zero-order valence-electron chi connectivity index (χ0n) is 12.2. The monoisotopic (exact) mass is 343 g/mol. The molecule has 0 amide bonds. The van der Waals surface area contributed by atoms with E-state index in [0.29, 0.717) is 0 Å². The maximum atomic E-state index is 6.09. The van der Waals surface area contributed by atoms with E-state index in [1.165, 1.54) is 10.9 Å². The Kier molecular flexibility index (Phi) is 4.02. The van der Waals surface area contributed by atoms with Crippen molar-refractivity contribution in [2.24, 2.45) is 0 Å². The van der Waals surface area contributed by atoms with E-state index in [-0.39, 0.29) is 6.04 Å². The van der Waals surface area contributed by atoms with E-state index in [4.69, 9.17) is 4.42 Å². The number of furan rings is 1. The summed E-state index contributed by atoms with van der Waals surface area (Å²) in [7, 11) is 0. The number of benzene rings is 2. The minimum absolute atomic E-state index is 0.117. The topological polar surface area (TPSA) is 25.2 Å². The molecular formula is C18H18BrNO. The first-order valence-corrected chi connectivity index (χ1v) is 8.01. The van der Waals surface area contributed by atoms with Gasteiger partial charge in [-0.2, -0.15) is 0 Å². The van der Waals surface area contributed by atoms with Gasteiger partial charge in [-0.25, -0.2) is 0 Å². The lowest BCUT2D eigenvalue weighted by atomic mass is 10.0. The standard InChI is InChI=1S/C18H18BrNO/c1-3-13-14-8-4-7-11-17(14)21-18(13)12(2)20-16-10-6-5-9-15(16)19/h4-12,20H,3H2,1-2H3. The Bertz CT molecular complexity index is 763. The summed E-state index contributed by atoms with van der Waals surface area (Å²) in [5.74, 6) is 1.02. The highest BCUT2D eigenvalue weighted by atomic mass is 79.9. The number of para-hydroxylation sites is 2. The molecule has 0 bridgehead atoms. The first-order chi connectivity index (χ1) is 10.2. The van der Waals surface area contributed by atoms with E-state index in [2.05, 4.69) is 53.3 Å². The number of aryl methyl sites for hydroxylation is 1. The zero-order chi connectivity index (χ0) is 14.8. The lowest BCUT2D eigenvalue weighted by molar-refractivity contribution is 0.520. The van der Waals surface area contributed by atoms with Crippen LogP contribution in [0.4, 0.5) is 5.69 Å². The van der Waals surface area contributed by atoms with Gasteiger partial charge in [-0.1, -0.05) is 37.3 Å². The number of halogens is 1. The van der Waals surface area contributed by atoms with Crippen molar-refractivity contribution in [1.29, 1.82) is 0 Å². The van der Waals surface area contributed by atoms with Crippen LogP contribution in [0.5, 0.6) is 0 Å². The van der Waals surface area contributed by atoms with E-state index in [0.717, 1.165) is 27.9 Å². The van der Waals surface area contributed by atoms with Gasteiger partial charge in [0.15, 0.2) is 0 Å². The SMILES string of the molecule is CCc1c(C(C)Nc2ccccc2Br)oc2ccccc12. The number of hydrogen-bond acceptors (Lipinski definition) is 2. The number of fused-ring (bicyclic) bond motifs is 1. The number of anilines is 1. The first kappa shape index (κ1) is 14.2. The van der Waals surface area contributed by atoms with Crippen molar-refractivity contribution >= 4 is 32.6 Å². The van der Waals surface area contributed by atoms with Crippen LogP contribution in [0.2, 0.25) is 0 Å². The molecule has 3 rings (SSSR count). The molecule has 108 valence electrons. The molecule has 1 heterocycles. The second kappa shape index (κ2) is 5.94. The van der Waals surface area contributed by atoms with Crippen LogP contribution in [0.3, 0.4) is 0 Å².